The molecular formula is C14H23BrN2O2S2. The number of hydrogen-bond donors (Lipinski definition) is 1. The highest BCUT2D eigenvalue weighted by Crippen LogP contribution is 2.28. The quantitative estimate of drug-likeness (QED) is 0.772. The van der Waals surface area contributed by atoms with E-state index in [4.69, 9.17) is 0 Å². The predicted molar refractivity (Wildman–Crippen MR) is 94.4 cm³/mol. The zero-order chi connectivity index (χ0) is 16.2. The molecule has 0 aliphatic heterocycles. The van der Waals surface area contributed by atoms with Gasteiger partial charge in [-0.3, -0.25) is 0 Å². The summed E-state index contributed by atoms with van der Waals surface area (Å²) in [6.45, 7) is 4.38. The SMILES string of the molecule is CNCc1cc(Br)c(C)c(S(=O)(=O)N(C)C(C)CSC)c1. The van der Waals surface area contributed by atoms with E-state index >= 15 is 0 Å². The summed E-state index contributed by atoms with van der Waals surface area (Å²) in [6.07, 6.45) is 1.98. The molecule has 0 fully saturated rings. The van der Waals surface area contributed by atoms with Gasteiger partial charge in [0.05, 0.1) is 4.90 Å². The summed E-state index contributed by atoms with van der Waals surface area (Å²) in [5.74, 6) is 0.770. The van der Waals surface area contributed by atoms with Crippen molar-refractivity contribution in [3.8, 4) is 0 Å². The maximum Gasteiger partial charge on any atom is 0.243 e. The lowest BCUT2D eigenvalue weighted by Crippen LogP contribution is -2.37. The summed E-state index contributed by atoms with van der Waals surface area (Å²) < 4.78 is 28.0. The van der Waals surface area contributed by atoms with Gasteiger partial charge in [-0.05, 0) is 50.4 Å². The van der Waals surface area contributed by atoms with E-state index < -0.39 is 10.0 Å². The highest BCUT2D eigenvalue weighted by molar-refractivity contribution is 9.10. The Bertz CT molecular complexity index is 591. The molecule has 0 aromatic heterocycles. The molecule has 120 valence electrons. The third kappa shape index (κ3) is 4.45. The van der Waals surface area contributed by atoms with Crippen molar-refractivity contribution < 1.29 is 8.42 Å². The highest BCUT2D eigenvalue weighted by Gasteiger charge is 2.27. The van der Waals surface area contributed by atoms with Crippen molar-refractivity contribution >= 4 is 37.7 Å². The average molecular weight is 395 g/mol. The van der Waals surface area contributed by atoms with Gasteiger partial charge in [0.2, 0.25) is 10.0 Å². The summed E-state index contributed by atoms with van der Waals surface area (Å²) in [7, 11) is -0.00318. The van der Waals surface area contributed by atoms with E-state index in [1.807, 2.05) is 33.2 Å². The molecule has 0 aliphatic rings. The Morgan fingerprint density at radius 1 is 1.43 bits per heavy atom. The van der Waals surface area contributed by atoms with Crippen LogP contribution in [0, 0.1) is 6.92 Å². The van der Waals surface area contributed by atoms with Crippen LogP contribution in [0.5, 0.6) is 0 Å². The lowest BCUT2D eigenvalue weighted by Gasteiger charge is -2.25. The Morgan fingerprint density at radius 2 is 2.05 bits per heavy atom. The van der Waals surface area contributed by atoms with Crippen LogP contribution in [-0.4, -0.2) is 44.9 Å². The van der Waals surface area contributed by atoms with Crippen LogP contribution in [0.2, 0.25) is 0 Å². The molecule has 0 radical (unpaired) electrons. The molecule has 1 unspecified atom stereocenters. The zero-order valence-electron chi connectivity index (χ0n) is 13.1. The monoisotopic (exact) mass is 394 g/mol. The molecular weight excluding hydrogens is 372 g/mol. The standard InChI is InChI=1S/C14H23BrN2O2S2/c1-10(9-20-5)17(4)21(18,19)14-7-12(8-16-3)6-13(15)11(14)2/h6-7,10,16H,8-9H2,1-5H3. The number of nitrogens with one attached hydrogen (secondary N) is 1. The Labute approximate surface area is 140 Å². The summed E-state index contributed by atoms with van der Waals surface area (Å²) >= 11 is 5.10. The van der Waals surface area contributed by atoms with E-state index in [2.05, 4.69) is 21.2 Å². The minimum Gasteiger partial charge on any atom is -0.316 e. The van der Waals surface area contributed by atoms with E-state index in [-0.39, 0.29) is 6.04 Å². The van der Waals surface area contributed by atoms with Crippen molar-refractivity contribution in [2.75, 3.05) is 26.1 Å². The zero-order valence-corrected chi connectivity index (χ0v) is 16.3. The highest BCUT2D eigenvalue weighted by atomic mass is 79.9. The third-order valence-corrected chi connectivity index (χ3v) is 7.16. The number of halogens is 1. The minimum absolute atomic E-state index is 0.0452. The summed E-state index contributed by atoms with van der Waals surface area (Å²) in [5, 5.41) is 3.05. The Morgan fingerprint density at radius 3 is 2.57 bits per heavy atom. The summed E-state index contributed by atoms with van der Waals surface area (Å²) in [6, 6.07) is 3.67. The van der Waals surface area contributed by atoms with Gasteiger partial charge in [-0.2, -0.15) is 16.1 Å². The van der Waals surface area contributed by atoms with Crippen LogP contribution in [0.25, 0.3) is 0 Å². The molecule has 0 bridgehead atoms. The van der Waals surface area contributed by atoms with E-state index in [1.165, 1.54) is 4.31 Å². The number of benzene rings is 1. The van der Waals surface area contributed by atoms with Crippen LogP contribution in [0.1, 0.15) is 18.1 Å². The number of rotatable bonds is 7. The van der Waals surface area contributed by atoms with Crippen molar-refractivity contribution in [2.45, 2.75) is 31.3 Å². The van der Waals surface area contributed by atoms with Gasteiger partial charge in [0, 0.05) is 29.9 Å². The van der Waals surface area contributed by atoms with Gasteiger partial charge >= 0.3 is 0 Å². The molecule has 1 aromatic rings. The van der Waals surface area contributed by atoms with Crippen LogP contribution in [0.3, 0.4) is 0 Å². The molecule has 0 heterocycles. The van der Waals surface area contributed by atoms with Gasteiger partial charge in [0.15, 0.2) is 0 Å². The normalized spacial score (nSPS) is 13.7. The second kappa shape index (κ2) is 7.97. The first kappa shape index (κ1) is 19.0. The fraction of sp³-hybridized carbons (Fsp3) is 0.571. The van der Waals surface area contributed by atoms with Crippen LogP contribution in [0.15, 0.2) is 21.5 Å². The van der Waals surface area contributed by atoms with Crippen molar-refractivity contribution in [3.05, 3.63) is 27.7 Å². The topological polar surface area (TPSA) is 49.4 Å². The van der Waals surface area contributed by atoms with Crippen LogP contribution >= 0.6 is 27.7 Å². The van der Waals surface area contributed by atoms with E-state index in [0.29, 0.717) is 11.4 Å². The van der Waals surface area contributed by atoms with Crippen LogP contribution < -0.4 is 5.32 Å². The molecule has 0 saturated carbocycles. The molecule has 1 aromatic carbocycles. The average Bonchev–Trinajstić information content (AvgIpc) is 2.42. The molecule has 0 saturated heterocycles. The van der Waals surface area contributed by atoms with E-state index in [1.54, 1.807) is 24.9 Å². The summed E-state index contributed by atoms with van der Waals surface area (Å²) in [5.41, 5.74) is 1.69. The molecule has 21 heavy (non-hydrogen) atoms. The molecule has 1 N–H and O–H groups in total. The van der Waals surface area contributed by atoms with Crippen molar-refractivity contribution in [1.82, 2.24) is 9.62 Å². The van der Waals surface area contributed by atoms with Crippen molar-refractivity contribution in [3.63, 3.8) is 0 Å². The van der Waals surface area contributed by atoms with Crippen molar-refractivity contribution in [2.24, 2.45) is 0 Å². The van der Waals surface area contributed by atoms with Crippen LogP contribution in [0.4, 0.5) is 0 Å². The van der Waals surface area contributed by atoms with E-state index in [0.717, 1.165) is 21.4 Å². The van der Waals surface area contributed by atoms with Gasteiger partial charge in [0.25, 0.3) is 0 Å². The third-order valence-electron chi connectivity index (χ3n) is 3.42. The van der Waals surface area contributed by atoms with Gasteiger partial charge in [-0.25, -0.2) is 8.42 Å². The van der Waals surface area contributed by atoms with Gasteiger partial charge in [-0.15, -0.1) is 0 Å². The molecule has 0 aliphatic carbocycles. The van der Waals surface area contributed by atoms with Crippen molar-refractivity contribution in [1.29, 1.82) is 0 Å². The molecule has 1 atom stereocenters. The number of thioether (sulfide) groups is 1. The maximum atomic E-state index is 12.9. The lowest BCUT2D eigenvalue weighted by atomic mass is 10.1. The van der Waals surface area contributed by atoms with E-state index in [9.17, 15) is 8.42 Å². The number of nitrogens with zero attached hydrogens (tertiary/aromatic N) is 1. The maximum absolute atomic E-state index is 12.9. The van der Waals surface area contributed by atoms with Gasteiger partial charge < -0.3 is 5.32 Å². The summed E-state index contributed by atoms with van der Waals surface area (Å²) in [4.78, 5) is 0.373. The first-order valence-corrected chi connectivity index (χ1v) is 10.3. The molecule has 7 heteroatoms. The number of sulfonamides is 1. The molecule has 4 nitrogen and oxygen atoms in total. The first-order chi connectivity index (χ1) is 9.75. The fourth-order valence-corrected chi connectivity index (χ4v) is 5.11. The second-order valence-corrected chi connectivity index (χ2v) is 8.79. The lowest BCUT2D eigenvalue weighted by molar-refractivity contribution is 0.414. The molecule has 1 rings (SSSR count). The number of hydrogen-bond acceptors (Lipinski definition) is 4. The second-order valence-electron chi connectivity index (χ2n) is 5.06. The Hall–Kier alpha value is -0.0800. The minimum atomic E-state index is -3.49. The Balaban J connectivity index is 3.30. The van der Waals surface area contributed by atoms with Crippen LogP contribution in [-0.2, 0) is 16.6 Å². The van der Waals surface area contributed by atoms with Gasteiger partial charge in [-0.1, -0.05) is 15.9 Å². The molecule has 0 amide bonds. The van der Waals surface area contributed by atoms with Gasteiger partial charge in [0.1, 0.15) is 0 Å². The fourth-order valence-electron chi connectivity index (χ4n) is 2.02. The smallest absolute Gasteiger partial charge is 0.243 e. The first-order valence-electron chi connectivity index (χ1n) is 6.66. The largest absolute Gasteiger partial charge is 0.316 e. The molecule has 0 spiro atoms. The Kier molecular flexibility index (Phi) is 7.19. The predicted octanol–water partition coefficient (Wildman–Crippen LogP) is 2.85.